The van der Waals surface area contributed by atoms with E-state index in [1.807, 2.05) is 66.0 Å². The molecule has 0 fully saturated rings. The van der Waals surface area contributed by atoms with Crippen molar-refractivity contribution in [3.8, 4) is 11.3 Å². The molecule has 1 atom stereocenters. The predicted molar refractivity (Wildman–Crippen MR) is 207 cm³/mol. The van der Waals surface area contributed by atoms with Crippen molar-refractivity contribution in [1.29, 1.82) is 0 Å². The average Bonchev–Trinajstić information content (AvgIpc) is 3.61. The van der Waals surface area contributed by atoms with Crippen LogP contribution in [0.3, 0.4) is 0 Å². The minimum absolute atomic E-state index is 0.0529. The fraction of sp³-hybridized carbons (Fsp3) is 0.0256. The van der Waals surface area contributed by atoms with Crippen LogP contribution in [0.1, 0.15) is 26.7 Å². The Hall–Kier alpha value is -5.07. The molecule has 0 saturated heterocycles. The maximum Gasteiger partial charge on any atom is 0.272 e. The summed E-state index contributed by atoms with van der Waals surface area (Å²) >= 11 is 12.3. The first-order valence-corrected chi connectivity index (χ1v) is 18.3. The second-order valence-corrected chi connectivity index (χ2v) is 14.3. The number of thiazole rings is 1. The minimum atomic E-state index is -0.705. The van der Waals surface area contributed by atoms with Crippen LogP contribution in [0.2, 0.25) is 5.02 Å². The second-order valence-electron chi connectivity index (χ2n) is 10.9. The lowest BCUT2D eigenvalue weighted by Crippen LogP contribution is -2.30. The monoisotopic (exact) mass is 796 g/mol. The van der Waals surface area contributed by atoms with Gasteiger partial charge in [-0.25, -0.2) is 9.37 Å². The quantitative estimate of drug-likeness (QED) is 0.0896. The van der Waals surface area contributed by atoms with Crippen LogP contribution < -0.4 is 16.0 Å². The molecule has 6 rings (SSSR count). The van der Waals surface area contributed by atoms with Crippen LogP contribution in [0.5, 0.6) is 0 Å². The summed E-state index contributed by atoms with van der Waals surface area (Å²) in [7, 11) is 0. The van der Waals surface area contributed by atoms with E-state index in [9.17, 15) is 18.8 Å². The number of nitrogens with one attached hydrogen (secondary N) is 3. The maximum atomic E-state index is 14.8. The van der Waals surface area contributed by atoms with E-state index in [4.69, 9.17) is 11.6 Å². The highest BCUT2D eigenvalue weighted by atomic mass is 79.9. The van der Waals surface area contributed by atoms with Gasteiger partial charge in [-0.05, 0) is 66.2 Å². The number of thioether (sulfide) groups is 1. The van der Waals surface area contributed by atoms with Crippen molar-refractivity contribution in [3.05, 3.63) is 170 Å². The normalized spacial score (nSPS) is 11.8. The Morgan fingerprint density at radius 1 is 0.843 bits per heavy atom. The molecule has 0 aliphatic heterocycles. The van der Waals surface area contributed by atoms with Gasteiger partial charge in [-0.3, -0.25) is 14.4 Å². The van der Waals surface area contributed by atoms with E-state index in [0.29, 0.717) is 21.3 Å². The summed E-state index contributed by atoms with van der Waals surface area (Å²) in [4.78, 5) is 45.8. The second kappa shape index (κ2) is 16.8. The lowest BCUT2D eigenvalue weighted by atomic mass is 10.1. The fourth-order valence-electron chi connectivity index (χ4n) is 4.87. The van der Waals surface area contributed by atoms with Crippen LogP contribution >= 0.6 is 50.6 Å². The Morgan fingerprint density at radius 3 is 2.27 bits per heavy atom. The zero-order valence-electron chi connectivity index (χ0n) is 26.5. The van der Waals surface area contributed by atoms with Gasteiger partial charge in [0, 0.05) is 37.1 Å². The molecule has 7 nitrogen and oxygen atoms in total. The van der Waals surface area contributed by atoms with E-state index < -0.39 is 22.9 Å². The minimum Gasteiger partial charge on any atom is -0.321 e. The van der Waals surface area contributed by atoms with Gasteiger partial charge in [-0.15, -0.1) is 23.1 Å². The topological polar surface area (TPSA) is 100 Å². The number of hydrogen-bond donors (Lipinski definition) is 3. The van der Waals surface area contributed by atoms with Gasteiger partial charge in [0.05, 0.1) is 10.7 Å². The van der Waals surface area contributed by atoms with E-state index in [0.717, 1.165) is 21.3 Å². The number of hydrogen-bond acceptors (Lipinski definition) is 6. The van der Waals surface area contributed by atoms with Crippen molar-refractivity contribution in [2.45, 2.75) is 10.1 Å². The van der Waals surface area contributed by atoms with E-state index in [1.54, 1.807) is 48.5 Å². The SMILES string of the molecule is O=C(Nc1cccc(SC(C(=O)Nc2nc(-c3ccc(Br)cc3)cs2)c2ccccc2)c1)/C(=C\c1c(F)cccc1Cl)NC(=O)c1ccccc1. The molecule has 0 aliphatic rings. The molecule has 0 saturated carbocycles. The number of benzene rings is 5. The number of anilines is 2. The average molecular weight is 798 g/mol. The predicted octanol–water partition coefficient (Wildman–Crippen LogP) is 10.2. The fourth-order valence-corrected chi connectivity index (χ4v) is 7.16. The molecule has 51 heavy (non-hydrogen) atoms. The van der Waals surface area contributed by atoms with E-state index in [1.165, 1.54) is 47.4 Å². The van der Waals surface area contributed by atoms with Gasteiger partial charge < -0.3 is 16.0 Å². The first-order valence-electron chi connectivity index (χ1n) is 15.4. The Kier molecular flexibility index (Phi) is 11.7. The zero-order chi connectivity index (χ0) is 35.7. The molecule has 6 aromatic rings. The number of rotatable bonds is 11. The third-order valence-electron chi connectivity index (χ3n) is 7.38. The maximum absolute atomic E-state index is 14.8. The summed E-state index contributed by atoms with van der Waals surface area (Å²) in [5, 5.41) is 10.1. The third-order valence-corrected chi connectivity index (χ3v) is 10.2. The van der Waals surface area contributed by atoms with Gasteiger partial charge in [0.1, 0.15) is 16.8 Å². The summed E-state index contributed by atoms with van der Waals surface area (Å²) in [6, 6.07) is 36.5. The van der Waals surface area contributed by atoms with Crippen molar-refractivity contribution in [2.24, 2.45) is 0 Å². The van der Waals surface area contributed by atoms with E-state index in [-0.39, 0.29) is 22.2 Å². The molecule has 0 aliphatic carbocycles. The molecule has 254 valence electrons. The smallest absolute Gasteiger partial charge is 0.272 e. The summed E-state index contributed by atoms with van der Waals surface area (Å²) in [5.74, 6) is -2.20. The van der Waals surface area contributed by atoms with Gasteiger partial charge in [0.2, 0.25) is 5.91 Å². The van der Waals surface area contributed by atoms with Crippen LogP contribution in [0.25, 0.3) is 17.3 Å². The zero-order valence-corrected chi connectivity index (χ0v) is 30.5. The summed E-state index contributed by atoms with van der Waals surface area (Å²) in [6.45, 7) is 0. The highest BCUT2D eigenvalue weighted by molar-refractivity contribution is 9.10. The highest BCUT2D eigenvalue weighted by Gasteiger charge is 2.24. The third kappa shape index (κ3) is 9.39. The van der Waals surface area contributed by atoms with E-state index >= 15 is 0 Å². The van der Waals surface area contributed by atoms with E-state index in [2.05, 4.69) is 36.9 Å². The van der Waals surface area contributed by atoms with Crippen LogP contribution in [0, 0.1) is 5.82 Å². The Balaban J connectivity index is 1.22. The van der Waals surface area contributed by atoms with Crippen LogP contribution in [-0.4, -0.2) is 22.7 Å². The largest absolute Gasteiger partial charge is 0.321 e. The first kappa shape index (κ1) is 35.7. The molecule has 0 spiro atoms. The molecule has 3 amide bonds. The molecule has 3 N–H and O–H groups in total. The van der Waals surface area contributed by atoms with Crippen molar-refractivity contribution < 1.29 is 18.8 Å². The van der Waals surface area contributed by atoms with Gasteiger partial charge in [-0.2, -0.15) is 0 Å². The van der Waals surface area contributed by atoms with Gasteiger partial charge in [0.15, 0.2) is 5.13 Å². The van der Waals surface area contributed by atoms with Crippen LogP contribution in [-0.2, 0) is 9.59 Å². The summed E-state index contributed by atoms with van der Waals surface area (Å²) in [6.07, 6.45) is 1.20. The van der Waals surface area contributed by atoms with Crippen molar-refractivity contribution in [3.63, 3.8) is 0 Å². The Bertz CT molecular complexity index is 2200. The number of aromatic nitrogens is 1. The molecule has 1 aromatic heterocycles. The molecule has 12 heteroatoms. The van der Waals surface area contributed by atoms with Crippen molar-refractivity contribution in [2.75, 3.05) is 10.6 Å². The van der Waals surface area contributed by atoms with Gasteiger partial charge in [-0.1, -0.05) is 100 Å². The molecule has 0 bridgehead atoms. The van der Waals surface area contributed by atoms with Crippen molar-refractivity contribution in [1.82, 2.24) is 10.3 Å². The standard InChI is InChI=1S/C39H27BrClFN4O3S2/c40-27-19-17-24(18-20-27)34-23-50-39(45-34)46-38(49)35(25-9-3-1-4-10-25)51-29-14-7-13-28(21-29)43-37(48)33(22-30-31(41)15-8-16-32(30)42)44-36(47)26-11-5-2-6-12-26/h1-23,35H,(H,43,48)(H,44,47)(H,45,46,49)/b33-22+. The highest BCUT2D eigenvalue weighted by Crippen LogP contribution is 2.38. The Labute approximate surface area is 315 Å². The number of carbonyl (C=O) groups is 3. The molecular formula is C39H27BrClFN4O3S2. The molecule has 0 radical (unpaired) electrons. The molecule has 1 unspecified atom stereocenters. The first-order chi connectivity index (χ1) is 24.7. The van der Waals surface area contributed by atoms with Crippen LogP contribution in [0.15, 0.2) is 148 Å². The number of halogens is 3. The lowest BCUT2D eigenvalue weighted by Gasteiger charge is -2.17. The molecular weight excluding hydrogens is 771 g/mol. The van der Waals surface area contributed by atoms with Crippen LogP contribution in [0.4, 0.5) is 15.2 Å². The summed E-state index contributed by atoms with van der Waals surface area (Å²) < 4.78 is 15.7. The lowest BCUT2D eigenvalue weighted by molar-refractivity contribution is -0.116. The Morgan fingerprint density at radius 2 is 1.55 bits per heavy atom. The number of carbonyl (C=O) groups excluding carboxylic acids is 3. The summed E-state index contributed by atoms with van der Waals surface area (Å²) in [5.41, 5.74) is 2.87. The molecule has 1 heterocycles. The van der Waals surface area contributed by atoms with Gasteiger partial charge >= 0.3 is 0 Å². The van der Waals surface area contributed by atoms with Crippen molar-refractivity contribution >= 4 is 85.2 Å². The number of amides is 3. The molecule has 5 aromatic carbocycles. The number of nitrogens with zero attached hydrogens (tertiary/aromatic N) is 1. The van der Waals surface area contributed by atoms with Gasteiger partial charge in [0.25, 0.3) is 11.8 Å².